The summed E-state index contributed by atoms with van der Waals surface area (Å²) in [6.45, 7) is 6.60. The van der Waals surface area contributed by atoms with Crippen LogP contribution in [0.15, 0.2) is 36.5 Å². The Morgan fingerprint density at radius 2 is 0.493 bits per heavy atom. The van der Waals surface area contributed by atoms with Gasteiger partial charge in [-0.3, -0.25) is 14.4 Å². The first-order chi connectivity index (χ1) is 36.0. The number of hydrogen-bond donors (Lipinski definition) is 0. The summed E-state index contributed by atoms with van der Waals surface area (Å²) in [7, 11) is 0. The monoisotopic (exact) mass is 1020 g/mol. The van der Waals surface area contributed by atoms with E-state index >= 15 is 0 Å². The lowest BCUT2D eigenvalue weighted by atomic mass is 10.0. The highest BCUT2D eigenvalue weighted by Crippen LogP contribution is 2.17. The van der Waals surface area contributed by atoms with E-state index in [4.69, 9.17) is 14.2 Å². The molecule has 73 heavy (non-hydrogen) atoms. The van der Waals surface area contributed by atoms with Gasteiger partial charge in [-0.15, -0.1) is 0 Å². The van der Waals surface area contributed by atoms with Crippen LogP contribution in [0.1, 0.15) is 355 Å². The molecule has 0 bridgehead atoms. The molecular weight excluding hydrogens is 901 g/mol. The van der Waals surface area contributed by atoms with E-state index in [0.717, 1.165) is 70.6 Å². The number of ether oxygens (including phenoxy) is 3. The summed E-state index contributed by atoms with van der Waals surface area (Å²) in [6, 6.07) is 0. The summed E-state index contributed by atoms with van der Waals surface area (Å²) in [5, 5.41) is 0. The Balaban J connectivity index is 3.99. The number of unbranched alkanes of at least 4 members (excludes halogenated alkanes) is 43. The van der Waals surface area contributed by atoms with Gasteiger partial charge >= 0.3 is 17.9 Å². The number of rotatable bonds is 60. The highest BCUT2D eigenvalue weighted by Gasteiger charge is 2.19. The van der Waals surface area contributed by atoms with Gasteiger partial charge in [0.05, 0.1) is 0 Å². The van der Waals surface area contributed by atoms with Gasteiger partial charge in [-0.1, -0.05) is 295 Å². The van der Waals surface area contributed by atoms with E-state index in [0.29, 0.717) is 19.3 Å². The summed E-state index contributed by atoms with van der Waals surface area (Å²) in [5.74, 6) is -0.864. The van der Waals surface area contributed by atoms with Gasteiger partial charge in [0, 0.05) is 19.3 Å². The van der Waals surface area contributed by atoms with Crippen LogP contribution >= 0.6 is 0 Å². The van der Waals surface area contributed by atoms with Gasteiger partial charge < -0.3 is 14.2 Å². The number of esters is 3. The molecule has 6 nitrogen and oxygen atoms in total. The molecule has 0 radical (unpaired) electrons. The molecule has 1 unspecified atom stereocenters. The minimum absolute atomic E-state index is 0.0692. The number of carbonyl (C=O) groups excluding carboxylic acids is 3. The van der Waals surface area contributed by atoms with E-state index in [9.17, 15) is 14.4 Å². The molecular formula is C67H124O6. The third kappa shape index (κ3) is 60.4. The Morgan fingerprint density at radius 1 is 0.274 bits per heavy atom. The average Bonchev–Trinajstić information content (AvgIpc) is 3.39. The molecule has 0 aliphatic carbocycles. The van der Waals surface area contributed by atoms with E-state index in [-0.39, 0.29) is 31.1 Å². The van der Waals surface area contributed by atoms with Crippen LogP contribution in [0.5, 0.6) is 0 Å². The first-order valence-electron chi connectivity index (χ1n) is 32.5. The Bertz CT molecular complexity index is 1220. The minimum atomic E-state index is -0.767. The van der Waals surface area contributed by atoms with Crippen LogP contribution in [0.2, 0.25) is 0 Å². The molecule has 0 aromatic rings. The van der Waals surface area contributed by atoms with Crippen LogP contribution in [-0.4, -0.2) is 37.2 Å². The number of carbonyl (C=O) groups is 3. The van der Waals surface area contributed by atoms with Crippen molar-refractivity contribution in [1.82, 2.24) is 0 Å². The molecule has 0 spiro atoms. The second-order valence-electron chi connectivity index (χ2n) is 22.0. The molecule has 0 N–H and O–H groups in total. The molecule has 0 aromatic carbocycles. The van der Waals surface area contributed by atoms with Crippen molar-refractivity contribution >= 4 is 17.9 Å². The molecule has 0 saturated carbocycles. The Kier molecular flexibility index (Phi) is 60.2. The molecule has 0 amide bonds. The molecule has 0 saturated heterocycles. The molecule has 0 fully saturated rings. The summed E-state index contributed by atoms with van der Waals surface area (Å²) in [5.41, 5.74) is 0. The van der Waals surface area contributed by atoms with E-state index < -0.39 is 6.10 Å². The van der Waals surface area contributed by atoms with Gasteiger partial charge in [-0.2, -0.15) is 0 Å². The minimum Gasteiger partial charge on any atom is -0.462 e. The zero-order valence-corrected chi connectivity index (χ0v) is 49.2. The molecule has 1 atom stereocenters. The maximum absolute atomic E-state index is 12.8. The Morgan fingerprint density at radius 3 is 0.767 bits per heavy atom. The summed E-state index contributed by atoms with van der Waals surface area (Å²) in [4.78, 5) is 37.9. The molecule has 0 aliphatic rings. The molecule has 428 valence electrons. The Labute approximate surface area is 455 Å². The lowest BCUT2D eigenvalue weighted by Gasteiger charge is -2.18. The third-order valence-electron chi connectivity index (χ3n) is 14.6. The fraction of sp³-hybridized carbons (Fsp3) is 0.866. The van der Waals surface area contributed by atoms with Crippen LogP contribution in [0.25, 0.3) is 0 Å². The summed E-state index contributed by atoms with van der Waals surface area (Å²) >= 11 is 0. The SMILES string of the molecule is CCCCCCC/C=C\C/C=C\CCCCCCCCCCCCCCCC(=O)OCC(COC(=O)CCCCCCC)OC(=O)CCCCCCCCCCCCCCC/C=C\CCCCCCCCCC. The second kappa shape index (κ2) is 62.2. The van der Waals surface area contributed by atoms with Crippen molar-refractivity contribution in [3.8, 4) is 0 Å². The molecule has 0 aliphatic heterocycles. The lowest BCUT2D eigenvalue weighted by Crippen LogP contribution is -2.30. The average molecular weight is 1030 g/mol. The standard InChI is InChI=1S/C67H124O6/c1-4-7-10-13-15-17-19-21-23-25-27-29-31-33-35-37-39-41-43-45-47-49-51-54-57-60-66(69)72-63-64(62-71-65(68)59-56-53-12-9-6-3)73-67(70)61-58-55-52-50-48-46-44-42-40-38-36-34-32-30-28-26-24-22-20-18-16-14-11-8-5-2/h19,21,25-28,64H,4-18,20,22-24,29-63H2,1-3H3/b21-19-,27-25-,28-26-. The van der Waals surface area contributed by atoms with Crippen LogP contribution in [0.4, 0.5) is 0 Å². The highest BCUT2D eigenvalue weighted by molar-refractivity contribution is 5.71. The lowest BCUT2D eigenvalue weighted by molar-refractivity contribution is -0.167. The predicted molar refractivity (Wildman–Crippen MR) is 316 cm³/mol. The zero-order chi connectivity index (χ0) is 52.9. The molecule has 0 heterocycles. The predicted octanol–water partition coefficient (Wildman–Crippen LogP) is 22.0. The maximum atomic E-state index is 12.8. The summed E-state index contributed by atoms with van der Waals surface area (Å²) < 4.78 is 16.8. The fourth-order valence-electron chi connectivity index (χ4n) is 9.71. The second-order valence-corrected chi connectivity index (χ2v) is 22.0. The number of hydrogen-bond acceptors (Lipinski definition) is 6. The highest BCUT2D eigenvalue weighted by atomic mass is 16.6. The first kappa shape index (κ1) is 70.6. The summed E-state index contributed by atoms with van der Waals surface area (Å²) in [6.07, 6.45) is 76.4. The maximum Gasteiger partial charge on any atom is 0.306 e. The van der Waals surface area contributed by atoms with Gasteiger partial charge in [-0.25, -0.2) is 0 Å². The number of allylic oxidation sites excluding steroid dienone is 6. The normalized spacial score (nSPS) is 12.2. The van der Waals surface area contributed by atoms with Crippen molar-refractivity contribution in [2.45, 2.75) is 361 Å². The third-order valence-corrected chi connectivity index (χ3v) is 14.6. The van der Waals surface area contributed by atoms with Crippen molar-refractivity contribution in [3.05, 3.63) is 36.5 Å². The molecule has 0 rings (SSSR count). The topological polar surface area (TPSA) is 78.9 Å². The Hall–Kier alpha value is -2.37. The smallest absolute Gasteiger partial charge is 0.306 e. The largest absolute Gasteiger partial charge is 0.462 e. The van der Waals surface area contributed by atoms with Crippen molar-refractivity contribution in [2.24, 2.45) is 0 Å². The van der Waals surface area contributed by atoms with Crippen LogP contribution in [0, 0.1) is 0 Å². The van der Waals surface area contributed by atoms with E-state index in [1.807, 2.05) is 0 Å². The van der Waals surface area contributed by atoms with Crippen molar-refractivity contribution in [3.63, 3.8) is 0 Å². The van der Waals surface area contributed by atoms with Gasteiger partial charge in [0.15, 0.2) is 6.10 Å². The van der Waals surface area contributed by atoms with Crippen molar-refractivity contribution < 1.29 is 28.6 Å². The van der Waals surface area contributed by atoms with Gasteiger partial charge in [-0.05, 0) is 77.0 Å². The van der Waals surface area contributed by atoms with E-state index in [1.54, 1.807) is 0 Å². The van der Waals surface area contributed by atoms with Gasteiger partial charge in [0.25, 0.3) is 0 Å². The zero-order valence-electron chi connectivity index (χ0n) is 49.2. The first-order valence-corrected chi connectivity index (χ1v) is 32.5. The van der Waals surface area contributed by atoms with E-state index in [1.165, 1.54) is 244 Å². The van der Waals surface area contributed by atoms with Crippen LogP contribution < -0.4 is 0 Å². The van der Waals surface area contributed by atoms with Gasteiger partial charge in [0.2, 0.25) is 0 Å². The fourth-order valence-corrected chi connectivity index (χ4v) is 9.71. The van der Waals surface area contributed by atoms with Crippen molar-refractivity contribution in [1.29, 1.82) is 0 Å². The van der Waals surface area contributed by atoms with Crippen molar-refractivity contribution in [2.75, 3.05) is 13.2 Å². The molecule has 6 heteroatoms. The van der Waals surface area contributed by atoms with Crippen LogP contribution in [-0.2, 0) is 28.6 Å². The van der Waals surface area contributed by atoms with E-state index in [2.05, 4.69) is 57.2 Å². The molecule has 0 aromatic heterocycles. The van der Waals surface area contributed by atoms with Crippen LogP contribution in [0.3, 0.4) is 0 Å². The quantitative estimate of drug-likeness (QED) is 0.0261. The van der Waals surface area contributed by atoms with Gasteiger partial charge in [0.1, 0.15) is 13.2 Å².